The van der Waals surface area contributed by atoms with E-state index in [1.54, 1.807) is 0 Å². The number of nitrogens with zero attached hydrogens (tertiary/aromatic N) is 2. The third-order valence-corrected chi connectivity index (χ3v) is 6.12. The number of hydrogen-bond donors (Lipinski definition) is 1. The summed E-state index contributed by atoms with van der Waals surface area (Å²) in [5.41, 5.74) is 8.57. The Labute approximate surface area is 137 Å². The van der Waals surface area contributed by atoms with E-state index in [-0.39, 0.29) is 0 Å². The van der Waals surface area contributed by atoms with Crippen molar-refractivity contribution in [1.82, 2.24) is 9.78 Å². The van der Waals surface area contributed by atoms with Gasteiger partial charge >= 0.3 is 0 Å². The van der Waals surface area contributed by atoms with Crippen molar-refractivity contribution in [2.24, 2.45) is 30.5 Å². The van der Waals surface area contributed by atoms with Crippen LogP contribution in [0.2, 0.25) is 0 Å². The number of rotatable bonds is 6. The zero-order valence-corrected chi connectivity index (χ0v) is 15.3. The lowest BCUT2D eigenvalue weighted by Gasteiger charge is -2.36. The molecule has 1 saturated carbocycles. The molecule has 0 aliphatic heterocycles. The predicted octanol–water partition coefficient (Wildman–Crippen LogP) is 4.08. The highest BCUT2D eigenvalue weighted by Gasteiger charge is 2.30. The predicted molar refractivity (Wildman–Crippen MR) is 92.3 cm³/mol. The molecule has 3 unspecified atom stereocenters. The summed E-state index contributed by atoms with van der Waals surface area (Å²) in [6.07, 6.45) is 8.81. The maximum absolute atomic E-state index is 6.04. The molecule has 120 valence electrons. The summed E-state index contributed by atoms with van der Waals surface area (Å²) in [5, 5.41) is 4.64. The third kappa shape index (κ3) is 3.89. The Morgan fingerprint density at radius 2 is 2.05 bits per heavy atom. The molecule has 0 saturated heterocycles. The first kappa shape index (κ1) is 17.0. The average molecular weight is 356 g/mol. The first-order chi connectivity index (χ1) is 10.1. The van der Waals surface area contributed by atoms with Crippen LogP contribution in [-0.4, -0.2) is 16.3 Å². The van der Waals surface area contributed by atoms with Crippen molar-refractivity contribution >= 4 is 15.9 Å². The van der Waals surface area contributed by atoms with E-state index in [2.05, 4.69) is 46.6 Å². The van der Waals surface area contributed by atoms with Gasteiger partial charge < -0.3 is 5.73 Å². The molecule has 4 heteroatoms. The van der Waals surface area contributed by atoms with Gasteiger partial charge in [-0.1, -0.05) is 33.1 Å². The number of halogens is 1. The van der Waals surface area contributed by atoms with Crippen molar-refractivity contribution in [2.75, 3.05) is 6.54 Å². The van der Waals surface area contributed by atoms with Crippen LogP contribution >= 0.6 is 15.9 Å². The summed E-state index contributed by atoms with van der Waals surface area (Å²) in [6.45, 7) is 5.30. The second kappa shape index (κ2) is 7.77. The molecule has 1 aromatic rings. The highest BCUT2D eigenvalue weighted by Crippen LogP contribution is 2.38. The summed E-state index contributed by atoms with van der Waals surface area (Å²) in [6, 6.07) is 0. The number of aryl methyl sites for hydroxylation is 2. The van der Waals surface area contributed by atoms with Crippen LogP contribution in [-0.2, 0) is 19.9 Å². The van der Waals surface area contributed by atoms with Gasteiger partial charge in [-0.05, 0) is 65.9 Å². The van der Waals surface area contributed by atoms with E-state index >= 15 is 0 Å². The largest absolute Gasteiger partial charge is 0.330 e. The van der Waals surface area contributed by atoms with E-state index in [1.165, 1.54) is 48.0 Å². The summed E-state index contributed by atoms with van der Waals surface area (Å²) >= 11 is 3.76. The van der Waals surface area contributed by atoms with Crippen LogP contribution < -0.4 is 5.73 Å². The van der Waals surface area contributed by atoms with E-state index in [1.807, 2.05) is 0 Å². The number of nitrogens with two attached hydrogens (primary N) is 1. The summed E-state index contributed by atoms with van der Waals surface area (Å²) in [4.78, 5) is 0. The van der Waals surface area contributed by atoms with Crippen LogP contribution in [0.15, 0.2) is 4.47 Å². The first-order valence-electron chi connectivity index (χ1n) is 8.50. The quantitative estimate of drug-likeness (QED) is 0.835. The second-order valence-electron chi connectivity index (χ2n) is 6.61. The van der Waals surface area contributed by atoms with E-state index in [9.17, 15) is 0 Å². The molecule has 3 atom stereocenters. The van der Waals surface area contributed by atoms with Crippen LogP contribution in [0.4, 0.5) is 0 Å². The summed E-state index contributed by atoms with van der Waals surface area (Å²) in [7, 11) is 2.07. The Morgan fingerprint density at radius 1 is 1.29 bits per heavy atom. The zero-order chi connectivity index (χ0) is 15.4. The molecule has 1 fully saturated rings. The molecule has 2 rings (SSSR count). The fraction of sp³-hybridized carbons (Fsp3) is 0.824. The Balaban J connectivity index is 2.13. The highest BCUT2D eigenvalue weighted by atomic mass is 79.9. The smallest absolute Gasteiger partial charge is 0.0766 e. The molecule has 1 aliphatic rings. The molecule has 1 aromatic heterocycles. The van der Waals surface area contributed by atoms with Gasteiger partial charge in [0, 0.05) is 7.05 Å². The monoisotopic (exact) mass is 355 g/mol. The van der Waals surface area contributed by atoms with Gasteiger partial charge in [0.1, 0.15) is 0 Å². The summed E-state index contributed by atoms with van der Waals surface area (Å²) < 4.78 is 3.29. The van der Waals surface area contributed by atoms with Gasteiger partial charge in [0.05, 0.1) is 15.9 Å². The molecule has 0 spiro atoms. The molecule has 21 heavy (non-hydrogen) atoms. The van der Waals surface area contributed by atoms with Gasteiger partial charge in [-0.15, -0.1) is 0 Å². The van der Waals surface area contributed by atoms with Crippen LogP contribution in [0.25, 0.3) is 0 Å². The molecule has 0 bridgehead atoms. The van der Waals surface area contributed by atoms with Gasteiger partial charge in [-0.25, -0.2) is 0 Å². The molecule has 0 radical (unpaired) electrons. The minimum Gasteiger partial charge on any atom is -0.330 e. The Kier molecular flexibility index (Phi) is 6.30. The Morgan fingerprint density at radius 3 is 2.62 bits per heavy atom. The second-order valence-corrected chi connectivity index (χ2v) is 7.41. The normalized spacial score (nSPS) is 26.2. The van der Waals surface area contributed by atoms with Gasteiger partial charge in [0.25, 0.3) is 0 Å². The summed E-state index contributed by atoms with van der Waals surface area (Å²) in [5.74, 6) is 2.31. The van der Waals surface area contributed by atoms with Crippen LogP contribution in [0.3, 0.4) is 0 Å². The number of hydrogen-bond acceptors (Lipinski definition) is 2. The van der Waals surface area contributed by atoms with Crippen LogP contribution in [0.5, 0.6) is 0 Å². The van der Waals surface area contributed by atoms with E-state index in [0.29, 0.717) is 5.92 Å². The van der Waals surface area contributed by atoms with Crippen molar-refractivity contribution in [3.63, 3.8) is 0 Å². The lowest BCUT2D eigenvalue weighted by molar-refractivity contribution is 0.173. The van der Waals surface area contributed by atoms with Crippen LogP contribution in [0.1, 0.15) is 57.3 Å². The van der Waals surface area contributed by atoms with Crippen molar-refractivity contribution in [3.8, 4) is 0 Å². The molecular formula is C17H30BrN3. The minimum atomic E-state index is 0.685. The van der Waals surface area contributed by atoms with Gasteiger partial charge in [-0.3, -0.25) is 4.68 Å². The maximum atomic E-state index is 6.04. The van der Waals surface area contributed by atoms with Gasteiger partial charge in [-0.2, -0.15) is 5.10 Å². The maximum Gasteiger partial charge on any atom is 0.0766 e. The first-order valence-corrected chi connectivity index (χ1v) is 9.30. The number of aromatic nitrogens is 2. The molecule has 0 amide bonds. The Hall–Kier alpha value is -0.350. The fourth-order valence-corrected chi connectivity index (χ4v) is 4.72. The lowest BCUT2D eigenvalue weighted by atomic mass is 9.71. The molecule has 1 aliphatic carbocycles. The van der Waals surface area contributed by atoms with Crippen molar-refractivity contribution < 1.29 is 0 Å². The van der Waals surface area contributed by atoms with Crippen LogP contribution in [0, 0.1) is 17.8 Å². The van der Waals surface area contributed by atoms with E-state index in [4.69, 9.17) is 5.73 Å². The lowest BCUT2D eigenvalue weighted by Crippen LogP contribution is -2.32. The molecule has 3 nitrogen and oxygen atoms in total. The van der Waals surface area contributed by atoms with E-state index < -0.39 is 0 Å². The van der Waals surface area contributed by atoms with Crippen molar-refractivity contribution in [3.05, 3.63) is 15.9 Å². The average Bonchev–Trinajstić information content (AvgIpc) is 2.75. The third-order valence-electron chi connectivity index (χ3n) is 5.21. The topological polar surface area (TPSA) is 43.8 Å². The molecule has 0 aromatic carbocycles. The Bertz CT molecular complexity index is 455. The SMILES string of the molecule is CCCC1CCC(CN)C(Cc2c(Br)c(CC)nn2C)C1. The van der Waals surface area contributed by atoms with Crippen molar-refractivity contribution in [2.45, 2.75) is 58.8 Å². The van der Waals surface area contributed by atoms with Gasteiger partial charge in [0.2, 0.25) is 0 Å². The van der Waals surface area contributed by atoms with E-state index in [0.717, 1.165) is 31.2 Å². The molecule has 2 N–H and O–H groups in total. The fourth-order valence-electron chi connectivity index (χ4n) is 3.94. The van der Waals surface area contributed by atoms with Gasteiger partial charge in [0.15, 0.2) is 0 Å². The molecule has 1 heterocycles. The highest BCUT2D eigenvalue weighted by molar-refractivity contribution is 9.10. The standard InChI is InChI=1S/C17H30BrN3/c1-4-6-12-7-8-13(11-19)14(9-12)10-16-17(18)15(5-2)20-21(16)3/h12-14H,4-11,19H2,1-3H3. The molecular weight excluding hydrogens is 326 g/mol. The van der Waals surface area contributed by atoms with Crippen molar-refractivity contribution in [1.29, 1.82) is 0 Å². The minimum absolute atomic E-state index is 0.685. The zero-order valence-electron chi connectivity index (χ0n) is 13.7.